The quantitative estimate of drug-likeness (QED) is 0.794. The number of H-pyrrole nitrogens is 1. The number of aryl methyl sites for hydroxylation is 1. The van der Waals surface area contributed by atoms with Gasteiger partial charge in [0.15, 0.2) is 5.78 Å². The topological polar surface area (TPSA) is 44.9 Å². The van der Waals surface area contributed by atoms with E-state index in [9.17, 15) is 4.79 Å². The summed E-state index contributed by atoms with van der Waals surface area (Å²) in [5, 5.41) is 4.27. The molecular formula is C15H20N2O. The third-order valence-corrected chi connectivity index (χ3v) is 3.32. The Hall–Kier alpha value is -1.61. The van der Waals surface area contributed by atoms with Crippen molar-refractivity contribution in [2.24, 2.45) is 0 Å². The second-order valence-electron chi connectivity index (χ2n) is 4.55. The van der Waals surface area contributed by atoms with Crippen molar-refractivity contribution in [2.45, 2.75) is 33.2 Å². The zero-order valence-electron chi connectivity index (χ0n) is 11.2. The van der Waals surface area contributed by atoms with Crippen molar-refractivity contribution in [3.8, 4) is 0 Å². The molecule has 0 fully saturated rings. The van der Waals surface area contributed by atoms with Gasteiger partial charge in [-0.3, -0.25) is 4.79 Å². The van der Waals surface area contributed by atoms with Crippen molar-refractivity contribution in [3.05, 3.63) is 35.5 Å². The van der Waals surface area contributed by atoms with Gasteiger partial charge in [0, 0.05) is 22.2 Å². The molecule has 0 spiro atoms. The maximum absolute atomic E-state index is 12.6. The highest BCUT2D eigenvalue weighted by Crippen LogP contribution is 2.23. The highest BCUT2D eigenvalue weighted by molar-refractivity contribution is 6.11. The molecule has 0 saturated carbocycles. The smallest absolute Gasteiger partial charge is 0.182 e. The van der Waals surface area contributed by atoms with Crippen molar-refractivity contribution in [1.29, 1.82) is 0 Å². The monoisotopic (exact) mass is 244 g/mol. The van der Waals surface area contributed by atoms with Crippen LogP contribution in [0, 0.1) is 6.92 Å². The summed E-state index contributed by atoms with van der Waals surface area (Å²) in [5.41, 5.74) is 2.82. The van der Waals surface area contributed by atoms with E-state index in [-0.39, 0.29) is 11.8 Å². The van der Waals surface area contributed by atoms with Gasteiger partial charge in [0.1, 0.15) is 0 Å². The zero-order valence-corrected chi connectivity index (χ0v) is 11.2. The van der Waals surface area contributed by atoms with Crippen molar-refractivity contribution >= 4 is 16.7 Å². The first kappa shape index (κ1) is 12.8. The lowest BCUT2D eigenvalue weighted by Gasteiger charge is -2.14. The van der Waals surface area contributed by atoms with Gasteiger partial charge in [0.2, 0.25) is 0 Å². The number of aromatic amines is 1. The molecule has 2 N–H and O–H groups in total. The lowest BCUT2D eigenvalue weighted by molar-refractivity contribution is 0.0942. The Morgan fingerprint density at radius 2 is 2.06 bits per heavy atom. The van der Waals surface area contributed by atoms with E-state index in [0.29, 0.717) is 0 Å². The molecule has 1 atom stereocenters. The van der Waals surface area contributed by atoms with E-state index in [4.69, 9.17) is 0 Å². The number of fused-ring (bicyclic) bond motifs is 1. The van der Waals surface area contributed by atoms with Crippen molar-refractivity contribution in [3.63, 3.8) is 0 Å². The van der Waals surface area contributed by atoms with E-state index in [1.165, 1.54) is 0 Å². The predicted molar refractivity (Wildman–Crippen MR) is 75.1 cm³/mol. The van der Waals surface area contributed by atoms with Crippen LogP contribution in [0.2, 0.25) is 0 Å². The van der Waals surface area contributed by atoms with Crippen LogP contribution >= 0.6 is 0 Å². The summed E-state index contributed by atoms with van der Waals surface area (Å²) in [7, 11) is 0. The van der Waals surface area contributed by atoms with Gasteiger partial charge in [-0.05, 0) is 26.0 Å². The number of nitrogens with one attached hydrogen (secondary N) is 2. The highest BCUT2D eigenvalue weighted by atomic mass is 16.1. The molecule has 0 aliphatic carbocycles. The number of hydrogen-bond acceptors (Lipinski definition) is 2. The normalized spacial score (nSPS) is 12.8. The standard InChI is InChI=1S/C15H20N2O/c1-4-12(16-5-2)15(18)14-10(3)17-13-9-7-6-8-11(13)14/h6-9,12,16-17H,4-5H2,1-3H3. The molecule has 0 saturated heterocycles. The fraction of sp³-hybridized carbons (Fsp3) is 0.400. The molecule has 1 heterocycles. The summed E-state index contributed by atoms with van der Waals surface area (Å²) >= 11 is 0. The van der Waals surface area contributed by atoms with Crippen LogP contribution in [0.1, 0.15) is 36.3 Å². The molecule has 0 bridgehead atoms. The van der Waals surface area contributed by atoms with Gasteiger partial charge in [0.25, 0.3) is 0 Å². The first-order valence-corrected chi connectivity index (χ1v) is 6.53. The fourth-order valence-corrected chi connectivity index (χ4v) is 2.44. The maximum Gasteiger partial charge on any atom is 0.182 e. The van der Waals surface area contributed by atoms with Crippen molar-refractivity contribution in [1.82, 2.24) is 10.3 Å². The maximum atomic E-state index is 12.6. The minimum Gasteiger partial charge on any atom is -0.358 e. The number of carbonyl (C=O) groups is 1. The number of Topliss-reactive ketones (excluding diaryl/α,β-unsaturated/α-hetero) is 1. The summed E-state index contributed by atoms with van der Waals surface area (Å²) in [6.45, 7) is 6.84. The van der Waals surface area contributed by atoms with E-state index >= 15 is 0 Å². The third-order valence-electron chi connectivity index (χ3n) is 3.32. The van der Waals surface area contributed by atoms with Crippen LogP contribution in [0.3, 0.4) is 0 Å². The summed E-state index contributed by atoms with van der Waals surface area (Å²) < 4.78 is 0. The van der Waals surface area contributed by atoms with Crippen LogP contribution in [0.4, 0.5) is 0 Å². The van der Waals surface area contributed by atoms with Crippen molar-refractivity contribution < 1.29 is 4.79 Å². The SMILES string of the molecule is CCNC(CC)C(=O)c1c(C)[nH]c2ccccc12. The minimum absolute atomic E-state index is 0.0899. The summed E-state index contributed by atoms with van der Waals surface area (Å²) in [6, 6.07) is 7.88. The number of ketones is 1. The molecule has 3 heteroatoms. The van der Waals surface area contributed by atoms with Crippen LogP contribution in [-0.4, -0.2) is 23.4 Å². The molecule has 1 aromatic heterocycles. The van der Waals surface area contributed by atoms with E-state index in [1.807, 2.05) is 45.0 Å². The number of carbonyl (C=O) groups excluding carboxylic acids is 1. The van der Waals surface area contributed by atoms with E-state index in [2.05, 4.69) is 10.3 Å². The van der Waals surface area contributed by atoms with Crippen LogP contribution < -0.4 is 5.32 Å². The molecular weight excluding hydrogens is 224 g/mol. The fourth-order valence-electron chi connectivity index (χ4n) is 2.44. The molecule has 3 nitrogen and oxygen atoms in total. The van der Waals surface area contributed by atoms with Crippen molar-refractivity contribution in [2.75, 3.05) is 6.54 Å². The summed E-state index contributed by atoms with van der Waals surface area (Å²) in [6.07, 6.45) is 0.811. The molecule has 0 radical (unpaired) electrons. The van der Waals surface area contributed by atoms with Gasteiger partial charge in [0.05, 0.1) is 6.04 Å². The second-order valence-corrected chi connectivity index (χ2v) is 4.55. The Labute approximate surface area is 108 Å². The molecule has 0 amide bonds. The molecule has 18 heavy (non-hydrogen) atoms. The zero-order chi connectivity index (χ0) is 13.1. The first-order valence-electron chi connectivity index (χ1n) is 6.53. The Balaban J connectivity index is 2.46. The predicted octanol–water partition coefficient (Wildman–Crippen LogP) is 3.05. The molecule has 0 aliphatic heterocycles. The molecule has 1 unspecified atom stereocenters. The Morgan fingerprint density at radius 3 is 2.72 bits per heavy atom. The number of benzene rings is 1. The van der Waals surface area contributed by atoms with E-state index in [0.717, 1.165) is 35.1 Å². The van der Waals surface area contributed by atoms with Crippen LogP contribution in [0.5, 0.6) is 0 Å². The molecule has 2 aromatic rings. The summed E-state index contributed by atoms with van der Waals surface area (Å²) in [5.74, 6) is 0.189. The van der Waals surface area contributed by atoms with Gasteiger partial charge in [-0.1, -0.05) is 32.0 Å². The van der Waals surface area contributed by atoms with Gasteiger partial charge in [-0.2, -0.15) is 0 Å². The molecule has 2 rings (SSSR count). The number of hydrogen-bond donors (Lipinski definition) is 2. The lowest BCUT2D eigenvalue weighted by Crippen LogP contribution is -2.36. The van der Waals surface area contributed by atoms with Gasteiger partial charge < -0.3 is 10.3 Å². The largest absolute Gasteiger partial charge is 0.358 e. The van der Waals surface area contributed by atoms with E-state index in [1.54, 1.807) is 0 Å². The van der Waals surface area contributed by atoms with Crippen LogP contribution in [0.25, 0.3) is 10.9 Å². The first-order chi connectivity index (χ1) is 8.69. The Bertz CT molecular complexity index is 557. The Morgan fingerprint density at radius 1 is 1.33 bits per heavy atom. The number of para-hydroxylation sites is 1. The summed E-state index contributed by atoms with van der Waals surface area (Å²) in [4.78, 5) is 15.9. The Kier molecular flexibility index (Phi) is 3.82. The third kappa shape index (κ3) is 2.18. The second kappa shape index (κ2) is 5.36. The van der Waals surface area contributed by atoms with Crippen LogP contribution in [0.15, 0.2) is 24.3 Å². The van der Waals surface area contributed by atoms with Gasteiger partial charge in [-0.15, -0.1) is 0 Å². The van der Waals surface area contributed by atoms with E-state index < -0.39 is 0 Å². The average molecular weight is 244 g/mol. The highest BCUT2D eigenvalue weighted by Gasteiger charge is 2.22. The number of aromatic nitrogens is 1. The molecule has 96 valence electrons. The average Bonchev–Trinajstić information content (AvgIpc) is 2.71. The minimum atomic E-state index is -0.0899. The van der Waals surface area contributed by atoms with Gasteiger partial charge in [-0.25, -0.2) is 0 Å². The number of likely N-dealkylation sites (N-methyl/N-ethyl adjacent to an activating group) is 1. The van der Waals surface area contributed by atoms with Gasteiger partial charge >= 0.3 is 0 Å². The molecule has 1 aromatic carbocycles. The number of rotatable bonds is 5. The molecule has 0 aliphatic rings. The van der Waals surface area contributed by atoms with Crippen LogP contribution in [-0.2, 0) is 0 Å². The lowest BCUT2D eigenvalue weighted by atomic mass is 9.99.